The summed E-state index contributed by atoms with van der Waals surface area (Å²) in [4.78, 5) is 7.71. The summed E-state index contributed by atoms with van der Waals surface area (Å²) in [5.74, 6) is 0.344. The van der Waals surface area contributed by atoms with Crippen molar-refractivity contribution in [2.75, 3.05) is 0 Å². The van der Waals surface area contributed by atoms with E-state index in [-0.39, 0.29) is 11.6 Å². The minimum Gasteiger partial charge on any atom is -0.381 e. The Morgan fingerprint density at radius 1 is 1.23 bits per heavy atom. The Balaban J connectivity index is 4.71. The lowest BCUT2D eigenvalue weighted by Crippen LogP contribution is -2.07. The Bertz CT molecular complexity index is 284. The first kappa shape index (κ1) is 11.2. The number of allylic oxidation sites excluding steroid dienone is 2. The Hall–Kier alpha value is -1.84. The highest BCUT2D eigenvalue weighted by Gasteiger charge is 1.93. The molecule has 0 saturated heterocycles. The van der Waals surface area contributed by atoms with Crippen LogP contribution in [0.5, 0.6) is 0 Å². The highest BCUT2D eigenvalue weighted by atomic mass is 15.0. The van der Waals surface area contributed by atoms with E-state index in [9.17, 15) is 0 Å². The fourth-order valence-electron chi connectivity index (χ4n) is 0.492. The molecule has 13 heavy (non-hydrogen) atoms. The zero-order valence-electron chi connectivity index (χ0n) is 7.70. The van der Waals surface area contributed by atoms with Crippen molar-refractivity contribution in [3.63, 3.8) is 0 Å². The molecule has 0 rings (SSSR count). The van der Waals surface area contributed by atoms with Crippen molar-refractivity contribution >= 4 is 11.9 Å². The molecule has 70 valence electrons. The molecule has 0 radical (unpaired) electrons. The summed E-state index contributed by atoms with van der Waals surface area (Å²) in [5, 5.41) is 0. The van der Waals surface area contributed by atoms with E-state index in [1.54, 1.807) is 13.0 Å². The lowest BCUT2D eigenvalue weighted by atomic mass is 10.4. The summed E-state index contributed by atoms with van der Waals surface area (Å²) in [6.45, 7) is 8.75. The topological polar surface area (TPSA) is 76.8 Å². The van der Waals surface area contributed by atoms with Crippen LogP contribution < -0.4 is 11.5 Å². The van der Waals surface area contributed by atoms with Crippen LogP contribution in [0, 0.1) is 0 Å². The summed E-state index contributed by atoms with van der Waals surface area (Å²) in [7, 11) is 0. The lowest BCUT2D eigenvalue weighted by molar-refractivity contribution is 1.10. The van der Waals surface area contributed by atoms with Gasteiger partial charge in [-0.1, -0.05) is 19.2 Å². The Morgan fingerprint density at radius 3 is 2.31 bits per heavy atom. The maximum Gasteiger partial charge on any atom is 0.166 e. The molecule has 0 fully saturated rings. The monoisotopic (exact) mass is 178 g/mol. The molecule has 4 nitrogen and oxygen atoms in total. The maximum absolute atomic E-state index is 5.51. The van der Waals surface area contributed by atoms with Gasteiger partial charge in [0.15, 0.2) is 11.6 Å². The molecule has 0 bridgehead atoms. The summed E-state index contributed by atoms with van der Waals surface area (Å²) in [6.07, 6.45) is 4.53. The van der Waals surface area contributed by atoms with Crippen LogP contribution in [0.25, 0.3) is 0 Å². The van der Waals surface area contributed by atoms with Crippen molar-refractivity contribution in [1.82, 2.24) is 0 Å². The first-order chi connectivity index (χ1) is 6.11. The summed E-state index contributed by atoms with van der Waals surface area (Å²) in [5.41, 5.74) is 11.7. The highest BCUT2D eigenvalue weighted by Crippen LogP contribution is 1.95. The third-order valence-corrected chi connectivity index (χ3v) is 1.17. The molecule has 0 atom stereocenters. The molecule has 0 spiro atoms. The van der Waals surface area contributed by atoms with Crippen molar-refractivity contribution in [3.8, 4) is 0 Å². The molecule has 0 saturated carbocycles. The van der Waals surface area contributed by atoms with E-state index in [4.69, 9.17) is 11.5 Å². The Kier molecular flexibility index (Phi) is 4.95. The zero-order chi connectivity index (χ0) is 10.3. The first-order valence-corrected chi connectivity index (χ1v) is 3.69. The molecule has 0 aromatic rings. The molecule has 0 aromatic carbocycles. The van der Waals surface area contributed by atoms with Crippen molar-refractivity contribution in [3.05, 3.63) is 37.0 Å². The number of aliphatic imine (C=N–C) groups is 2. The van der Waals surface area contributed by atoms with Crippen LogP contribution in [0.4, 0.5) is 0 Å². The molecular weight excluding hydrogens is 164 g/mol. The minimum absolute atomic E-state index is 0.168. The molecule has 0 aliphatic carbocycles. The van der Waals surface area contributed by atoms with Gasteiger partial charge in [0.2, 0.25) is 0 Å². The fraction of sp³-hybridized carbons (Fsp3) is 0.111. The van der Waals surface area contributed by atoms with Gasteiger partial charge in [0.1, 0.15) is 0 Å². The van der Waals surface area contributed by atoms with Gasteiger partial charge >= 0.3 is 0 Å². The predicted octanol–water partition coefficient (Wildman–Crippen LogP) is 0.934. The normalized spacial score (nSPS) is 14.1. The van der Waals surface area contributed by atoms with Gasteiger partial charge in [-0.2, -0.15) is 0 Å². The van der Waals surface area contributed by atoms with Gasteiger partial charge in [0, 0.05) is 11.9 Å². The van der Waals surface area contributed by atoms with Crippen LogP contribution in [0.1, 0.15) is 6.92 Å². The molecular formula is C9H14N4. The number of nitrogens with zero attached hydrogens (tertiary/aromatic N) is 2. The Morgan fingerprint density at radius 2 is 1.85 bits per heavy atom. The van der Waals surface area contributed by atoms with Crippen LogP contribution in [-0.4, -0.2) is 11.9 Å². The molecule has 0 aliphatic rings. The van der Waals surface area contributed by atoms with Crippen LogP contribution in [0.3, 0.4) is 0 Å². The predicted molar refractivity (Wildman–Crippen MR) is 57.4 cm³/mol. The number of rotatable bonds is 4. The van der Waals surface area contributed by atoms with E-state index in [1.165, 1.54) is 12.3 Å². The van der Waals surface area contributed by atoms with Crippen molar-refractivity contribution < 1.29 is 0 Å². The van der Waals surface area contributed by atoms with Gasteiger partial charge in [-0.05, 0) is 13.0 Å². The maximum atomic E-state index is 5.51. The van der Waals surface area contributed by atoms with Gasteiger partial charge in [0.05, 0.1) is 0 Å². The average molecular weight is 178 g/mol. The minimum atomic E-state index is 0.168. The van der Waals surface area contributed by atoms with E-state index in [0.29, 0.717) is 5.71 Å². The summed E-state index contributed by atoms with van der Waals surface area (Å²) < 4.78 is 0. The lowest BCUT2D eigenvalue weighted by Gasteiger charge is -1.97. The van der Waals surface area contributed by atoms with Crippen molar-refractivity contribution in [2.45, 2.75) is 6.92 Å². The van der Waals surface area contributed by atoms with Gasteiger partial charge in [-0.3, -0.25) is 0 Å². The second-order valence-electron chi connectivity index (χ2n) is 2.24. The second-order valence-corrected chi connectivity index (χ2v) is 2.24. The molecule has 0 unspecified atom stereocenters. The summed E-state index contributed by atoms with van der Waals surface area (Å²) >= 11 is 0. The van der Waals surface area contributed by atoms with Crippen LogP contribution in [-0.2, 0) is 0 Å². The van der Waals surface area contributed by atoms with Gasteiger partial charge < -0.3 is 11.5 Å². The third-order valence-electron chi connectivity index (χ3n) is 1.17. The standard InChI is InChI=1S/C9H14N4/c1-4-6-12-8(10)9(11)13-7(3)5-2/h4-6H,1-2,10-11H2,3H3/b9-8+,12-6?,13-7?. The van der Waals surface area contributed by atoms with Crippen molar-refractivity contribution in [2.24, 2.45) is 21.5 Å². The molecule has 4 heteroatoms. The van der Waals surface area contributed by atoms with Gasteiger partial charge in [-0.15, -0.1) is 0 Å². The zero-order valence-corrected chi connectivity index (χ0v) is 7.70. The van der Waals surface area contributed by atoms with E-state index in [1.807, 2.05) is 0 Å². The van der Waals surface area contributed by atoms with E-state index < -0.39 is 0 Å². The Labute approximate surface area is 78.1 Å². The summed E-state index contributed by atoms with van der Waals surface area (Å²) in [6, 6.07) is 0. The smallest absolute Gasteiger partial charge is 0.166 e. The van der Waals surface area contributed by atoms with E-state index in [0.717, 1.165) is 0 Å². The van der Waals surface area contributed by atoms with Crippen LogP contribution in [0.15, 0.2) is 46.9 Å². The largest absolute Gasteiger partial charge is 0.381 e. The number of nitrogens with two attached hydrogens (primary N) is 2. The molecule has 0 aromatic heterocycles. The number of hydrogen-bond donors (Lipinski definition) is 2. The molecule has 0 amide bonds. The molecule has 4 N–H and O–H groups in total. The van der Waals surface area contributed by atoms with E-state index >= 15 is 0 Å². The van der Waals surface area contributed by atoms with Crippen LogP contribution in [0.2, 0.25) is 0 Å². The van der Waals surface area contributed by atoms with Gasteiger partial charge in [0.25, 0.3) is 0 Å². The average Bonchev–Trinajstić information content (AvgIpc) is 2.13. The first-order valence-electron chi connectivity index (χ1n) is 3.69. The van der Waals surface area contributed by atoms with E-state index in [2.05, 4.69) is 23.1 Å². The second kappa shape index (κ2) is 5.77. The molecule has 0 heterocycles. The fourth-order valence-corrected chi connectivity index (χ4v) is 0.492. The molecule has 0 aliphatic heterocycles. The van der Waals surface area contributed by atoms with Crippen molar-refractivity contribution in [1.29, 1.82) is 0 Å². The third kappa shape index (κ3) is 4.58. The van der Waals surface area contributed by atoms with Gasteiger partial charge in [-0.25, -0.2) is 9.98 Å². The number of hydrogen-bond acceptors (Lipinski definition) is 4. The highest BCUT2D eigenvalue weighted by molar-refractivity contribution is 5.92. The van der Waals surface area contributed by atoms with Crippen LogP contribution >= 0.6 is 0 Å². The SMILES string of the molecule is C=CC=N/C(N)=C(\N)N=C(C)C=C. The quantitative estimate of drug-likeness (QED) is 0.628.